The van der Waals surface area contributed by atoms with Crippen LogP contribution in [0.3, 0.4) is 0 Å². The summed E-state index contributed by atoms with van der Waals surface area (Å²) >= 11 is 5.16. The molecule has 0 aliphatic rings. The average molecular weight is 171 g/mol. The Morgan fingerprint density at radius 3 is 2.33 bits per heavy atom. The smallest absolute Gasteiger partial charge is 0.148 e. The monoisotopic (exact) mass is 170 g/mol. The quantitative estimate of drug-likeness (QED) is 0.470. The minimum atomic E-state index is -2.56. The van der Waals surface area contributed by atoms with Crippen molar-refractivity contribution in [1.82, 2.24) is 0 Å². The predicted octanol–water partition coefficient (Wildman–Crippen LogP) is -0.204. The Morgan fingerprint density at radius 2 is 2.00 bits per heavy atom. The lowest BCUT2D eigenvalue weighted by molar-refractivity contribution is -0.116. The molecule has 0 fully saturated rings. The van der Waals surface area contributed by atoms with Crippen LogP contribution in [0.2, 0.25) is 0 Å². The van der Waals surface area contributed by atoms with E-state index in [0.29, 0.717) is 0 Å². The molecule has 0 unspecified atom stereocenters. The first-order valence-corrected chi connectivity index (χ1v) is 4.26. The zero-order valence-corrected chi connectivity index (χ0v) is 6.32. The lowest BCUT2D eigenvalue weighted by atomic mass is 10.3. The molecule has 3 nitrogen and oxygen atoms in total. The topological polar surface area (TPSA) is 51.2 Å². The number of alkyl halides is 1. The van der Waals surface area contributed by atoms with Crippen LogP contribution in [0.5, 0.6) is 0 Å². The number of carbonyl (C=O) groups excluding carboxylic acids is 1. The van der Waals surface area contributed by atoms with Crippen LogP contribution in [0.1, 0.15) is 6.42 Å². The Bertz CT molecular complexity index is 155. The first-order chi connectivity index (χ1) is 4.16. The van der Waals surface area contributed by atoms with Crippen LogP contribution in [0.15, 0.2) is 0 Å². The van der Waals surface area contributed by atoms with E-state index >= 15 is 0 Å². The van der Waals surface area contributed by atoms with E-state index in [1.54, 1.807) is 0 Å². The number of ketones is 1. The van der Waals surface area contributed by atoms with Gasteiger partial charge in [0.2, 0.25) is 0 Å². The molecular weight excluding hydrogens is 164 g/mol. The van der Waals surface area contributed by atoms with Crippen LogP contribution in [0.4, 0.5) is 0 Å². The molecule has 0 N–H and O–H groups in total. The largest absolute Gasteiger partial charge is 0.299 e. The van der Waals surface area contributed by atoms with Crippen LogP contribution in [-0.2, 0) is 15.5 Å². The van der Waals surface area contributed by atoms with E-state index in [9.17, 15) is 13.2 Å². The molecule has 0 radical (unpaired) electrons. The summed E-state index contributed by atoms with van der Waals surface area (Å²) in [5.74, 6) is -0.495. The van der Waals surface area contributed by atoms with Crippen molar-refractivity contribution in [2.24, 2.45) is 0 Å². The van der Waals surface area contributed by atoms with Gasteiger partial charge in [-0.25, -0.2) is 8.42 Å². The second-order valence-corrected chi connectivity index (χ2v) is 2.83. The normalized spacial score (nSPS) is 10.0. The van der Waals surface area contributed by atoms with Crippen molar-refractivity contribution in [3.8, 4) is 0 Å². The Balaban J connectivity index is 3.51. The molecule has 0 bridgehead atoms. The third kappa shape index (κ3) is 5.79. The van der Waals surface area contributed by atoms with Gasteiger partial charge in [0.1, 0.15) is 22.2 Å². The van der Waals surface area contributed by atoms with Gasteiger partial charge in [0, 0.05) is 12.3 Å². The van der Waals surface area contributed by atoms with Gasteiger partial charge in [-0.15, -0.1) is 11.6 Å². The summed E-state index contributed by atoms with van der Waals surface area (Å²) in [5.41, 5.74) is 0. The number of thiol groups is 1. The third-order valence-corrected chi connectivity index (χ3v) is 1.48. The van der Waals surface area contributed by atoms with Gasteiger partial charge in [0.15, 0.2) is 0 Å². The fourth-order valence-electron chi connectivity index (χ4n) is 0.328. The molecule has 5 heteroatoms. The van der Waals surface area contributed by atoms with Crippen molar-refractivity contribution in [2.45, 2.75) is 6.42 Å². The van der Waals surface area contributed by atoms with Crippen molar-refractivity contribution in [3.63, 3.8) is 0 Å². The minimum absolute atomic E-state index is 0.144. The lowest BCUT2D eigenvalue weighted by Gasteiger charge is -1.86. The van der Waals surface area contributed by atoms with Crippen molar-refractivity contribution in [1.29, 1.82) is 0 Å². The summed E-state index contributed by atoms with van der Waals surface area (Å²) < 4.78 is 19.7. The number of carbonyl (C=O) groups is 1. The Kier molecular flexibility index (Phi) is 4.71. The maximum Gasteiger partial charge on any atom is 0.148 e. The highest BCUT2D eigenvalue weighted by Gasteiger charge is 2.00. The molecule has 0 atom stereocenters. The molecule has 9 heavy (non-hydrogen) atoms. The molecule has 0 aromatic rings. The van der Waals surface area contributed by atoms with Gasteiger partial charge >= 0.3 is 0 Å². The zero-order chi connectivity index (χ0) is 7.28. The molecule has 54 valence electrons. The second-order valence-electron chi connectivity index (χ2n) is 1.47. The van der Waals surface area contributed by atoms with Crippen molar-refractivity contribution in [2.75, 3.05) is 11.6 Å². The number of hydrogen-bond donors (Lipinski definition) is 1. The van der Waals surface area contributed by atoms with Crippen LogP contribution in [0, 0.1) is 0 Å². The zero-order valence-electron chi connectivity index (χ0n) is 4.67. The second kappa shape index (κ2) is 4.76. The molecular formula is C4H7ClO3S. The number of rotatable bonds is 4. The number of hydrogen-bond acceptors (Lipinski definition) is 3. The fraction of sp³-hybridized carbons (Fsp3) is 0.750. The van der Waals surface area contributed by atoms with Crippen LogP contribution >= 0.6 is 11.6 Å². The summed E-state index contributed by atoms with van der Waals surface area (Å²) in [6.07, 6.45) is 0.144. The van der Waals surface area contributed by atoms with Crippen molar-refractivity contribution >= 4 is 28.1 Å². The molecule has 0 aromatic heterocycles. The molecule has 0 aliphatic carbocycles. The Hall–Kier alpha value is -0.0900. The SMILES string of the molecule is O=C(CCCl)C[SH](=O)=O. The van der Waals surface area contributed by atoms with E-state index in [0.717, 1.165) is 0 Å². The van der Waals surface area contributed by atoms with Crippen LogP contribution in [-0.4, -0.2) is 25.8 Å². The molecule has 0 heterocycles. The first kappa shape index (κ1) is 8.91. The van der Waals surface area contributed by atoms with E-state index in [1.165, 1.54) is 0 Å². The minimum Gasteiger partial charge on any atom is -0.299 e. The summed E-state index contributed by atoms with van der Waals surface area (Å²) in [6, 6.07) is 0. The van der Waals surface area contributed by atoms with E-state index in [4.69, 9.17) is 11.6 Å². The van der Waals surface area contributed by atoms with Crippen LogP contribution < -0.4 is 0 Å². The molecule has 0 saturated heterocycles. The predicted molar refractivity (Wildman–Crippen MR) is 35.5 cm³/mol. The van der Waals surface area contributed by atoms with E-state index < -0.39 is 10.7 Å². The molecule has 0 rings (SSSR count). The van der Waals surface area contributed by atoms with Gasteiger partial charge < -0.3 is 0 Å². The molecule has 0 aromatic carbocycles. The van der Waals surface area contributed by atoms with E-state index in [2.05, 4.69) is 0 Å². The van der Waals surface area contributed by atoms with Gasteiger partial charge in [0.05, 0.1) is 0 Å². The fourth-order valence-corrected chi connectivity index (χ4v) is 0.985. The number of Topliss-reactive ketones (excluding diaryl/α,β-unsaturated/α-hetero) is 1. The highest BCUT2D eigenvalue weighted by molar-refractivity contribution is 7.73. The summed E-state index contributed by atoms with van der Waals surface area (Å²) in [6.45, 7) is 0. The Morgan fingerprint density at radius 1 is 1.44 bits per heavy atom. The Labute approximate surface area is 60.0 Å². The van der Waals surface area contributed by atoms with E-state index in [-0.39, 0.29) is 23.8 Å². The van der Waals surface area contributed by atoms with Gasteiger partial charge in [-0.1, -0.05) is 0 Å². The maximum atomic E-state index is 10.4. The molecule has 0 amide bonds. The maximum absolute atomic E-state index is 10.4. The number of halogens is 1. The first-order valence-electron chi connectivity index (χ1n) is 2.36. The summed E-state index contributed by atoms with van der Waals surface area (Å²) in [5, 5.41) is 0. The lowest BCUT2D eigenvalue weighted by Crippen LogP contribution is -2.05. The van der Waals surface area contributed by atoms with Gasteiger partial charge in [-0.05, 0) is 0 Å². The highest BCUT2D eigenvalue weighted by atomic mass is 35.5. The summed E-state index contributed by atoms with van der Waals surface area (Å²) in [7, 11) is -2.56. The molecule has 0 saturated carbocycles. The standard InChI is InChI=1S/C4H7ClO3S/c5-2-1-4(6)3-9(7)8/h9H,1-3H2. The van der Waals surface area contributed by atoms with Gasteiger partial charge in [-0.2, -0.15) is 0 Å². The summed E-state index contributed by atoms with van der Waals surface area (Å²) in [4.78, 5) is 10.4. The average Bonchev–Trinajstić information content (AvgIpc) is 1.63. The molecule has 0 spiro atoms. The van der Waals surface area contributed by atoms with Crippen molar-refractivity contribution in [3.05, 3.63) is 0 Å². The van der Waals surface area contributed by atoms with Crippen LogP contribution in [0.25, 0.3) is 0 Å². The van der Waals surface area contributed by atoms with Gasteiger partial charge in [0.25, 0.3) is 0 Å². The van der Waals surface area contributed by atoms with E-state index in [1.807, 2.05) is 0 Å². The highest BCUT2D eigenvalue weighted by Crippen LogP contribution is 1.86. The van der Waals surface area contributed by atoms with Crippen molar-refractivity contribution < 1.29 is 13.2 Å². The van der Waals surface area contributed by atoms with Gasteiger partial charge in [-0.3, -0.25) is 4.79 Å². The third-order valence-electron chi connectivity index (χ3n) is 0.679. The molecule has 0 aliphatic heterocycles.